The molecule has 0 spiro atoms. The van der Waals surface area contributed by atoms with E-state index in [1.54, 1.807) is 11.8 Å². The molecule has 0 radical (unpaired) electrons. The second-order valence-electron chi connectivity index (χ2n) is 5.27. The van der Waals surface area contributed by atoms with Gasteiger partial charge in [-0.15, -0.1) is 0 Å². The highest BCUT2D eigenvalue weighted by Crippen LogP contribution is 2.31. The third-order valence-corrected chi connectivity index (χ3v) is 3.91. The van der Waals surface area contributed by atoms with Crippen molar-refractivity contribution in [3.05, 3.63) is 0 Å². The van der Waals surface area contributed by atoms with Gasteiger partial charge in [-0.05, 0) is 19.8 Å². The number of ether oxygens (including phenoxy) is 1. The van der Waals surface area contributed by atoms with E-state index in [1.807, 2.05) is 0 Å². The summed E-state index contributed by atoms with van der Waals surface area (Å²) in [4.78, 5) is 25.0. The van der Waals surface area contributed by atoms with Crippen LogP contribution >= 0.6 is 0 Å². The molecule has 2 heterocycles. The minimum atomic E-state index is -0.770. The van der Waals surface area contributed by atoms with E-state index in [0.29, 0.717) is 45.7 Å². The van der Waals surface area contributed by atoms with Gasteiger partial charge in [-0.3, -0.25) is 9.59 Å². The standard InChI is InChI=1S/C12H20N2O4/c1-12(11(16)17)2-5-14(6-3-12)10(15)9-8-18-7-4-13-9/h9,13H,2-8H2,1H3,(H,16,17). The molecule has 0 aliphatic carbocycles. The Morgan fingerprint density at radius 3 is 2.56 bits per heavy atom. The molecule has 1 unspecified atom stereocenters. The van der Waals surface area contributed by atoms with E-state index in [-0.39, 0.29) is 11.9 Å². The molecule has 0 aromatic heterocycles. The van der Waals surface area contributed by atoms with E-state index >= 15 is 0 Å². The molecule has 1 atom stereocenters. The zero-order chi connectivity index (χ0) is 13.2. The number of likely N-dealkylation sites (tertiary alicyclic amines) is 1. The molecule has 2 fully saturated rings. The van der Waals surface area contributed by atoms with Crippen LogP contribution in [0.2, 0.25) is 0 Å². The first-order chi connectivity index (χ1) is 8.53. The second-order valence-corrected chi connectivity index (χ2v) is 5.27. The predicted molar refractivity (Wildman–Crippen MR) is 64.2 cm³/mol. The maximum absolute atomic E-state index is 12.2. The van der Waals surface area contributed by atoms with Crippen LogP contribution in [0.4, 0.5) is 0 Å². The molecule has 2 aliphatic heterocycles. The molecule has 0 aromatic rings. The summed E-state index contributed by atoms with van der Waals surface area (Å²) in [7, 11) is 0. The fourth-order valence-electron chi connectivity index (χ4n) is 2.38. The number of carboxylic acids is 1. The van der Waals surface area contributed by atoms with Crippen LogP contribution in [0.1, 0.15) is 19.8 Å². The summed E-state index contributed by atoms with van der Waals surface area (Å²) in [6, 6.07) is -0.270. The summed E-state index contributed by atoms with van der Waals surface area (Å²) in [6.45, 7) is 4.52. The van der Waals surface area contributed by atoms with Crippen LogP contribution < -0.4 is 5.32 Å². The van der Waals surface area contributed by atoms with Crippen molar-refractivity contribution < 1.29 is 19.4 Å². The summed E-state index contributed by atoms with van der Waals surface area (Å²) < 4.78 is 5.27. The molecule has 102 valence electrons. The van der Waals surface area contributed by atoms with Crippen molar-refractivity contribution in [2.45, 2.75) is 25.8 Å². The Bertz CT molecular complexity index is 331. The summed E-state index contributed by atoms with van der Waals surface area (Å²) in [5, 5.41) is 12.3. The fourth-order valence-corrected chi connectivity index (χ4v) is 2.38. The van der Waals surface area contributed by atoms with Gasteiger partial charge in [-0.2, -0.15) is 0 Å². The van der Waals surface area contributed by atoms with Crippen molar-refractivity contribution in [2.24, 2.45) is 5.41 Å². The van der Waals surface area contributed by atoms with E-state index in [0.717, 1.165) is 0 Å². The van der Waals surface area contributed by atoms with E-state index in [2.05, 4.69) is 5.32 Å². The van der Waals surface area contributed by atoms with Gasteiger partial charge in [-0.1, -0.05) is 0 Å². The van der Waals surface area contributed by atoms with Crippen molar-refractivity contribution in [3.63, 3.8) is 0 Å². The number of hydrogen-bond acceptors (Lipinski definition) is 4. The molecule has 18 heavy (non-hydrogen) atoms. The summed E-state index contributed by atoms with van der Waals surface area (Å²) in [5.41, 5.74) is -0.687. The highest BCUT2D eigenvalue weighted by atomic mass is 16.5. The number of aliphatic carboxylic acids is 1. The molecular weight excluding hydrogens is 236 g/mol. The summed E-state index contributed by atoms with van der Waals surface area (Å²) in [5.74, 6) is -0.740. The first-order valence-electron chi connectivity index (χ1n) is 6.36. The molecule has 1 amide bonds. The Morgan fingerprint density at radius 2 is 2.06 bits per heavy atom. The topological polar surface area (TPSA) is 78.9 Å². The molecular formula is C12H20N2O4. The zero-order valence-corrected chi connectivity index (χ0v) is 10.6. The van der Waals surface area contributed by atoms with E-state index in [1.165, 1.54) is 0 Å². The highest BCUT2D eigenvalue weighted by molar-refractivity contribution is 5.83. The Hall–Kier alpha value is -1.14. The SMILES string of the molecule is CC1(C(=O)O)CCN(C(=O)C2COCCN2)CC1. The van der Waals surface area contributed by atoms with Crippen molar-refractivity contribution in [3.8, 4) is 0 Å². The van der Waals surface area contributed by atoms with E-state index in [4.69, 9.17) is 9.84 Å². The molecule has 0 aromatic carbocycles. The summed E-state index contributed by atoms with van der Waals surface area (Å²) in [6.07, 6.45) is 1.03. The van der Waals surface area contributed by atoms with Crippen molar-refractivity contribution in [1.82, 2.24) is 10.2 Å². The number of carbonyl (C=O) groups is 2. The smallest absolute Gasteiger partial charge is 0.309 e. The van der Waals surface area contributed by atoms with Crippen LogP contribution in [0.15, 0.2) is 0 Å². The molecule has 2 N–H and O–H groups in total. The van der Waals surface area contributed by atoms with Gasteiger partial charge in [0.2, 0.25) is 5.91 Å². The largest absolute Gasteiger partial charge is 0.481 e. The summed E-state index contributed by atoms with van der Waals surface area (Å²) >= 11 is 0. The molecule has 2 rings (SSSR count). The number of carbonyl (C=O) groups excluding carboxylic acids is 1. The second kappa shape index (κ2) is 5.24. The van der Waals surface area contributed by atoms with Gasteiger partial charge >= 0.3 is 5.97 Å². The van der Waals surface area contributed by atoms with Crippen LogP contribution in [0.25, 0.3) is 0 Å². The van der Waals surface area contributed by atoms with Crippen LogP contribution in [0, 0.1) is 5.41 Å². The quantitative estimate of drug-likeness (QED) is 0.708. The van der Waals surface area contributed by atoms with Gasteiger partial charge in [0, 0.05) is 19.6 Å². The van der Waals surface area contributed by atoms with Gasteiger partial charge < -0.3 is 20.1 Å². The maximum Gasteiger partial charge on any atom is 0.309 e. The number of nitrogens with zero attached hydrogens (tertiary/aromatic N) is 1. The number of nitrogens with one attached hydrogen (secondary N) is 1. The first-order valence-corrected chi connectivity index (χ1v) is 6.36. The predicted octanol–water partition coefficient (Wildman–Crippen LogP) is -0.312. The molecule has 0 saturated carbocycles. The average Bonchev–Trinajstić information content (AvgIpc) is 2.40. The van der Waals surface area contributed by atoms with Crippen molar-refractivity contribution in [2.75, 3.05) is 32.8 Å². The zero-order valence-electron chi connectivity index (χ0n) is 10.6. The molecule has 0 bridgehead atoms. The van der Waals surface area contributed by atoms with Gasteiger partial charge in [0.25, 0.3) is 0 Å². The van der Waals surface area contributed by atoms with Crippen molar-refractivity contribution >= 4 is 11.9 Å². The van der Waals surface area contributed by atoms with Crippen LogP contribution in [-0.2, 0) is 14.3 Å². The highest BCUT2D eigenvalue weighted by Gasteiger charge is 2.39. The Kier molecular flexibility index (Phi) is 3.87. The monoisotopic (exact) mass is 256 g/mol. The first kappa shape index (κ1) is 13.3. The Labute approximate surface area is 106 Å². The van der Waals surface area contributed by atoms with E-state index in [9.17, 15) is 9.59 Å². The lowest BCUT2D eigenvalue weighted by Gasteiger charge is -2.38. The minimum Gasteiger partial charge on any atom is -0.481 e. The van der Waals surface area contributed by atoms with E-state index < -0.39 is 11.4 Å². The Morgan fingerprint density at radius 1 is 1.39 bits per heavy atom. The molecule has 6 heteroatoms. The number of morpholine rings is 1. The molecule has 2 aliphatic rings. The molecule has 6 nitrogen and oxygen atoms in total. The lowest BCUT2D eigenvalue weighted by Crippen LogP contribution is -2.55. The normalized spacial score (nSPS) is 27.8. The van der Waals surface area contributed by atoms with Gasteiger partial charge in [-0.25, -0.2) is 0 Å². The number of hydrogen-bond donors (Lipinski definition) is 2. The van der Waals surface area contributed by atoms with Gasteiger partial charge in [0.15, 0.2) is 0 Å². The number of carboxylic acid groups (broad SMARTS) is 1. The van der Waals surface area contributed by atoms with Crippen LogP contribution in [-0.4, -0.2) is 60.8 Å². The van der Waals surface area contributed by atoms with Crippen LogP contribution in [0.3, 0.4) is 0 Å². The van der Waals surface area contributed by atoms with Gasteiger partial charge in [0.1, 0.15) is 6.04 Å². The van der Waals surface area contributed by atoms with Gasteiger partial charge in [0.05, 0.1) is 18.6 Å². The minimum absolute atomic E-state index is 0.0298. The third kappa shape index (κ3) is 2.64. The third-order valence-electron chi connectivity index (χ3n) is 3.91. The average molecular weight is 256 g/mol. The Balaban J connectivity index is 1.89. The maximum atomic E-state index is 12.2. The van der Waals surface area contributed by atoms with Crippen LogP contribution in [0.5, 0.6) is 0 Å². The molecule has 2 saturated heterocycles. The van der Waals surface area contributed by atoms with Crippen molar-refractivity contribution in [1.29, 1.82) is 0 Å². The lowest BCUT2D eigenvalue weighted by atomic mass is 9.80. The lowest BCUT2D eigenvalue weighted by molar-refractivity contribution is -0.153. The number of rotatable bonds is 2. The fraction of sp³-hybridized carbons (Fsp3) is 0.833. The number of amides is 1. The number of piperidine rings is 1.